The van der Waals surface area contributed by atoms with Gasteiger partial charge in [0.2, 0.25) is 5.91 Å². The highest BCUT2D eigenvalue weighted by atomic mass is 19.4. The van der Waals surface area contributed by atoms with Gasteiger partial charge in [0, 0.05) is 7.05 Å². The van der Waals surface area contributed by atoms with E-state index in [9.17, 15) is 32.0 Å². The molecule has 0 radical (unpaired) electrons. The average molecular weight is 409 g/mol. The topological polar surface area (TPSA) is 81.1 Å². The maximum absolute atomic E-state index is 13.7. The van der Waals surface area contributed by atoms with Crippen molar-refractivity contribution in [2.45, 2.75) is 12.2 Å². The van der Waals surface area contributed by atoms with Crippen molar-refractivity contribution in [2.75, 3.05) is 12.4 Å². The number of para-hydroxylation sites is 1. The molecule has 29 heavy (non-hydrogen) atoms. The molecular weight excluding hydrogens is 397 g/mol. The summed E-state index contributed by atoms with van der Waals surface area (Å²) in [5.41, 5.74) is 0.366. The Bertz CT molecular complexity index is 1020. The van der Waals surface area contributed by atoms with Crippen LogP contribution in [-0.2, 0) is 11.0 Å². The lowest BCUT2D eigenvalue weighted by Gasteiger charge is -2.19. The molecule has 0 fully saturated rings. The molecule has 1 aliphatic rings. The molecule has 0 bridgehead atoms. The van der Waals surface area contributed by atoms with Crippen LogP contribution in [0.4, 0.5) is 27.6 Å². The van der Waals surface area contributed by atoms with Gasteiger partial charge in [-0.15, -0.1) is 0 Å². The fourth-order valence-electron chi connectivity index (χ4n) is 2.68. The molecule has 2 aromatic rings. The van der Waals surface area contributed by atoms with Crippen molar-refractivity contribution in [1.82, 2.24) is 15.4 Å². The highest BCUT2D eigenvalue weighted by Gasteiger charge is 2.35. The van der Waals surface area contributed by atoms with Gasteiger partial charge >= 0.3 is 6.18 Å². The first kappa shape index (κ1) is 20.2. The molecule has 1 atom stereocenters. The number of amides is 1. The summed E-state index contributed by atoms with van der Waals surface area (Å²) < 4.78 is 66.4. The highest BCUT2D eigenvalue weighted by molar-refractivity contribution is 5.98. The second-order valence-electron chi connectivity index (χ2n) is 6.01. The molecule has 1 aliphatic heterocycles. The average Bonchev–Trinajstić information content (AvgIpc) is 3.05. The molecular formula is C18H12F5N5O. The first-order valence-corrected chi connectivity index (χ1v) is 8.07. The number of benzene rings is 1. The number of alkyl halides is 3. The first-order chi connectivity index (χ1) is 13.6. The second kappa shape index (κ2) is 7.48. The number of nitriles is 1. The van der Waals surface area contributed by atoms with Crippen molar-refractivity contribution in [1.29, 1.82) is 5.26 Å². The predicted molar refractivity (Wildman–Crippen MR) is 91.6 cm³/mol. The van der Waals surface area contributed by atoms with Crippen LogP contribution in [0.5, 0.6) is 0 Å². The van der Waals surface area contributed by atoms with Crippen LogP contribution in [0.2, 0.25) is 0 Å². The van der Waals surface area contributed by atoms with E-state index >= 15 is 0 Å². The summed E-state index contributed by atoms with van der Waals surface area (Å²) in [6.45, 7) is 0. The minimum absolute atomic E-state index is 0.0294. The monoisotopic (exact) mass is 409 g/mol. The SMILES string of the molecule is CN1N[C@@H](C(=O)Nc2c(F)cccc2F)C=C1c1nc(C(F)(F)F)ccc1C#N. The van der Waals surface area contributed by atoms with Crippen LogP contribution in [0.25, 0.3) is 5.70 Å². The third-order valence-electron chi connectivity index (χ3n) is 4.06. The molecule has 0 unspecified atom stereocenters. The first-order valence-electron chi connectivity index (χ1n) is 8.07. The Labute approximate surface area is 161 Å². The number of hydrogen-bond donors (Lipinski definition) is 2. The Kier molecular flexibility index (Phi) is 5.21. The molecule has 150 valence electrons. The third-order valence-corrected chi connectivity index (χ3v) is 4.06. The van der Waals surface area contributed by atoms with Gasteiger partial charge in [-0.3, -0.25) is 4.79 Å². The van der Waals surface area contributed by atoms with E-state index in [2.05, 4.69) is 15.7 Å². The van der Waals surface area contributed by atoms with Gasteiger partial charge in [-0.1, -0.05) is 6.07 Å². The Morgan fingerprint density at radius 2 is 1.90 bits per heavy atom. The summed E-state index contributed by atoms with van der Waals surface area (Å²) >= 11 is 0. The van der Waals surface area contributed by atoms with Crippen LogP contribution in [0.15, 0.2) is 36.4 Å². The summed E-state index contributed by atoms with van der Waals surface area (Å²) in [6.07, 6.45) is -3.52. The van der Waals surface area contributed by atoms with Gasteiger partial charge in [0.05, 0.1) is 11.3 Å². The molecule has 0 aliphatic carbocycles. The fourth-order valence-corrected chi connectivity index (χ4v) is 2.68. The van der Waals surface area contributed by atoms with E-state index < -0.39 is 41.1 Å². The highest BCUT2D eigenvalue weighted by Crippen LogP contribution is 2.31. The predicted octanol–water partition coefficient (Wildman–Crippen LogP) is 3.05. The number of nitrogens with one attached hydrogen (secondary N) is 2. The zero-order valence-corrected chi connectivity index (χ0v) is 14.7. The van der Waals surface area contributed by atoms with Crippen LogP contribution < -0.4 is 10.7 Å². The van der Waals surface area contributed by atoms with Crippen molar-refractivity contribution in [3.8, 4) is 6.07 Å². The molecule has 6 nitrogen and oxygen atoms in total. The summed E-state index contributed by atoms with van der Waals surface area (Å²) in [5, 5.41) is 12.5. The Morgan fingerprint density at radius 3 is 2.48 bits per heavy atom. The number of nitrogens with zero attached hydrogens (tertiary/aromatic N) is 3. The second-order valence-corrected chi connectivity index (χ2v) is 6.01. The van der Waals surface area contributed by atoms with Crippen molar-refractivity contribution in [3.63, 3.8) is 0 Å². The van der Waals surface area contributed by atoms with Crippen LogP contribution in [-0.4, -0.2) is 29.0 Å². The zero-order valence-electron chi connectivity index (χ0n) is 14.7. The van der Waals surface area contributed by atoms with E-state index in [1.54, 1.807) is 6.07 Å². The number of hydrazine groups is 1. The van der Waals surface area contributed by atoms with E-state index in [0.717, 1.165) is 24.3 Å². The van der Waals surface area contributed by atoms with Gasteiger partial charge < -0.3 is 10.3 Å². The van der Waals surface area contributed by atoms with Crippen molar-refractivity contribution < 1.29 is 26.7 Å². The lowest BCUT2D eigenvalue weighted by Crippen LogP contribution is -2.41. The normalized spacial score (nSPS) is 16.4. The summed E-state index contributed by atoms with van der Waals surface area (Å²) in [4.78, 5) is 15.9. The maximum Gasteiger partial charge on any atom is 0.433 e. The number of carbonyl (C=O) groups excluding carboxylic acids is 1. The third kappa shape index (κ3) is 4.02. The van der Waals surface area contributed by atoms with E-state index in [0.29, 0.717) is 6.07 Å². The molecule has 1 amide bonds. The number of rotatable bonds is 3. The standard InChI is InChI=1S/C18H12F5N5O/c1-28-13(15-9(8-24)5-6-14(25-15)18(21,22)23)7-12(27-28)17(29)26-16-10(19)3-2-4-11(16)20/h2-7,12,27H,1H3,(H,26,29)/t12-/m1/s1. The summed E-state index contributed by atoms with van der Waals surface area (Å²) in [7, 11) is 1.39. The molecule has 11 heteroatoms. The number of hydrogen-bond acceptors (Lipinski definition) is 5. The molecule has 3 rings (SSSR count). The van der Waals surface area contributed by atoms with Gasteiger partial charge in [0.15, 0.2) is 0 Å². The molecule has 0 saturated carbocycles. The lowest BCUT2D eigenvalue weighted by atomic mass is 10.1. The van der Waals surface area contributed by atoms with Crippen LogP contribution in [0.3, 0.4) is 0 Å². The maximum atomic E-state index is 13.7. The number of anilines is 1. The van der Waals surface area contributed by atoms with E-state index in [4.69, 9.17) is 0 Å². The number of halogens is 5. The van der Waals surface area contributed by atoms with Crippen molar-refractivity contribution >= 4 is 17.3 Å². The Hall–Kier alpha value is -3.52. The number of pyridine rings is 1. The van der Waals surface area contributed by atoms with E-state index in [1.165, 1.54) is 18.1 Å². The quantitative estimate of drug-likeness (QED) is 0.762. The van der Waals surface area contributed by atoms with Crippen molar-refractivity contribution in [3.05, 3.63) is 65.0 Å². The van der Waals surface area contributed by atoms with Gasteiger partial charge in [-0.05, 0) is 30.3 Å². The Balaban J connectivity index is 1.93. The molecule has 2 heterocycles. The molecule has 2 N–H and O–H groups in total. The van der Waals surface area contributed by atoms with Crippen LogP contribution in [0, 0.1) is 23.0 Å². The van der Waals surface area contributed by atoms with Crippen molar-refractivity contribution in [2.24, 2.45) is 0 Å². The van der Waals surface area contributed by atoms with Gasteiger partial charge in [-0.2, -0.15) is 18.4 Å². The molecule has 1 aromatic carbocycles. The molecule has 1 aromatic heterocycles. The lowest BCUT2D eigenvalue weighted by molar-refractivity contribution is -0.141. The Morgan fingerprint density at radius 1 is 1.24 bits per heavy atom. The van der Waals surface area contributed by atoms with E-state index in [1.807, 2.05) is 0 Å². The minimum Gasteiger partial charge on any atom is -0.319 e. The van der Waals surface area contributed by atoms with E-state index in [-0.39, 0.29) is 17.0 Å². The largest absolute Gasteiger partial charge is 0.433 e. The molecule has 0 spiro atoms. The summed E-state index contributed by atoms with van der Waals surface area (Å²) in [5.74, 6) is -2.83. The van der Waals surface area contributed by atoms with Crippen LogP contribution in [0.1, 0.15) is 17.0 Å². The zero-order chi connectivity index (χ0) is 21.3. The number of carbonyl (C=O) groups is 1. The molecule has 0 saturated heterocycles. The van der Waals surface area contributed by atoms with Gasteiger partial charge in [0.25, 0.3) is 0 Å². The van der Waals surface area contributed by atoms with Crippen LogP contribution >= 0.6 is 0 Å². The summed E-state index contributed by atoms with van der Waals surface area (Å²) in [6, 6.07) is 5.27. The fraction of sp³-hybridized carbons (Fsp3) is 0.167. The number of aromatic nitrogens is 1. The van der Waals surface area contributed by atoms with Gasteiger partial charge in [-0.25, -0.2) is 19.2 Å². The minimum atomic E-state index is -4.73. The van der Waals surface area contributed by atoms with Gasteiger partial charge in [0.1, 0.15) is 40.8 Å². The smallest absolute Gasteiger partial charge is 0.319 e.